The van der Waals surface area contributed by atoms with Gasteiger partial charge in [0.15, 0.2) is 0 Å². The summed E-state index contributed by atoms with van der Waals surface area (Å²) in [5.74, 6) is -0.243. The second kappa shape index (κ2) is 7.82. The van der Waals surface area contributed by atoms with E-state index < -0.39 is 0 Å². The Labute approximate surface area is 176 Å². The second-order valence-corrected chi connectivity index (χ2v) is 7.96. The van der Waals surface area contributed by atoms with Crippen LogP contribution in [0.2, 0.25) is 0 Å². The van der Waals surface area contributed by atoms with Crippen LogP contribution in [-0.4, -0.2) is 49.0 Å². The lowest BCUT2D eigenvalue weighted by atomic mass is 9.98. The molecule has 7 heteroatoms. The lowest BCUT2D eigenvalue weighted by Gasteiger charge is -2.38. The van der Waals surface area contributed by atoms with Crippen LogP contribution in [0.4, 0.5) is 21.0 Å². The van der Waals surface area contributed by atoms with Gasteiger partial charge in [0, 0.05) is 44.0 Å². The van der Waals surface area contributed by atoms with Crippen LogP contribution in [0.5, 0.6) is 0 Å². The maximum absolute atomic E-state index is 12.6. The van der Waals surface area contributed by atoms with E-state index in [-0.39, 0.29) is 24.0 Å². The van der Waals surface area contributed by atoms with Crippen molar-refractivity contribution in [3.63, 3.8) is 0 Å². The molecule has 2 aliphatic heterocycles. The first-order chi connectivity index (χ1) is 14.4. The fourth-order valence-electron chi connectivity index (χ4n) is 4.17. The van der Waals surface area contributed by atoms with Gasteiger partial charge in [-0.3, -0.25) is 19.9 Å². The average Bonchev–Trinajstić information content (AvgIpc) is 2.72. The minimum Gasteiger partial charge on any atom is -0.327 e. The van der Waals surface area contributed by atoms with Crippen molar-refractivity contribution in [1.29, 1.82) is 0 Å². The Hall–Kier alpha value is -3.35. The van der Waals surface area contributed by atoms with Crippen molar-refractivity contribution in [2.45, 2.75) is 32.7 Å². The smallest absolute Gasteiger partial charge is 0.327 e. The summed E-state index contributed by atoms with van der Waals surface area (Å²) >= 11 is 0. The summed E-state index contributed by atoms with van der Waals surface area (Å²) in [4.78, 5) is 41.5. The zero-order chi connectivity index (χ0) is 21.4. The molecule has 2 aromatic rings. The first-order valence-corrected chi connectivity index (χ1v) is 10.2. The fourth-order valence-corrected chi connectivity index (χ4v) is 4.17. The highest BCUT2D eigenvalue weighted by Crippen LogP contribution is 2.33. The van der Waals surface area contributed by atoms with Gasteiger partial charge >= 0.3 is 12.1 Å². The minimum absolute atomic E-state index is 0.0188. The molecule has 30 heavy (non-hydrogen) atoms. The maximum atomic E-state index is 12.6. The number of nitrogens with zero attached hydrogens (tertiary/aromatic N) is 3. The monoisotopic (exact) mass is 406 g/mol. The molecule has 2 saturated heterocycles. The number of hydrogen-bond donors (Lipinski definition) is 1. The normalized spacial score (nSPS) is 19.9. The van der Waals surface area contributed by atoms with E-state index in [1.807, 2.05) is 61.3 Å². The van der Waals surface area contributed by atoms with Gasteiger partial charge < -0.3 is 4.90 Å². The van der Waals surface area contributed by atoms with E-state index in [1.54, 1.807) is 9.80 Å². The summed E-state index contributed by atoms with van der Waals surface area (Å²) in [5.41, 5.74) is 4.67. The van der Waals surface area contributed by atoms with Crippen LogP contribution in [0, 0.1) is 6.92 Å². The van der Waals surface area contributed by atoms with Crippen LogP contribution in [0.3, 0.4) is 0 Å². The third-order valence-electron chi connectivity index (χ3n) is 5.96. The molecule has 2 aliphatic rings. The van der Waals surface area contributed by atoms with Gasteiger partial charge in [0.2, 0.25) is 5.91 Å². The van der Waals surface area contributed by atoms with E-state index in [0.717, 1.165) is 41.0 Å². The number of carbonyl (C=O) groups excluding carboxylic acids is 3. The molecule has 2 heterocycles. The van der Waals surface area contributed by atoms with E-state index >= 15 is 0 Å². The summed E-state index contributed by atoms with van der Waals surface area (Å²) in [5, 5.41) is 2.38. The van der Waals surface area contributed by atoms with Crippen molar-refractivity contribution in [3.8, 4) is 11.1 Å². The molecule has 0 aromatic heterocycles. The molecule has 1 N–H and O–H groups in total. The van der Waals surface area contributed by atoms with E-state index in [0.29, 0.717) is 13.0 Å². The van der Waals surface area contributed by atoms with Crippen molar-refractivity contribution in [2.75, 3.05) is 29.9 Å². The molecule has 0 unspecified atom stereocenters. The molecule has 5 amide bonds. The van der Waals surface area contributed by atoms with E-state index in [9.17, 15) is 14.4 Å². The van der Waals surface area contributed by atoms with Crippen molar-refractivity contribution in [2.24, 2.45) is 0 Å². The molecule has 156 valence electrons. The predicted octanol–water partition coefficient (Wildman–Crippen LogP) is 3.76. The van der Waals surface area contributed by atoms with Gasteiger partial charge in [0.05, 0.1) is 0 Å². The quantitative estimate of drug-likeness (QED) is 0.844. The Morgan fingerprint density at radius 1 is 1.00 bits per heavy atom. The molecule has 2 fully saturated rings. The van der Waals surface area contributed by atoms with Gasteiger partial charge in [0.25, 0.3) is 0 Å². The highest BCUT2D eigenvalue weighted by molar-refractivity contribution is 6.06. The standard InChI is InChI=1S/C23H26N4O3/c1-15-11-13-25(3)23(30)27(15)18-9-7-17(8-10-18)19-5-4-6-20(16(19)2)26-14-12-21(28)24-22(26)29/h4-10,15H,11-14H2,1-3H3,(H,24,28,29)/t15-/m0/s1. The van der Waals surface area contributed by atoms with Crippen LogP contribution in [-0.2, 0) is 4.79 Å². The first kappa shape index (κ1) is 19.9. The number of hydrogen-bond acceptors (Lipinski definition) is 3. The molecule has 0 bridgehead atoms. The van der Waals surface area contributed by atoms with Crippen LogP contribution in [0.25, 0.3) is 11.1 Å². The molecule has 7 nitrogen and oxygen atoms in total. The number of urea groups is 2. The van der Waals surface area contributed by atoms with Gasteiger partial charge in [-0.15, -0.1) is 0 Å². The van der Waals surface area contributed by atoms with Gasteiger partial charge in [-0.2, -0.15) is 0 Å². The van der Waals surface area contributed by atoms with E-state index in [4.69, 9.17) is 0 Å². The summed E-state index contributed by atoms with van der Waals surface area (Å²) in [6, 6.07) is 13.6. The number of nitrogens with one attached hydrogen (secondary N) is 1. The molecule has 1 atom stereocenters. The number of benzene rings is 2. The Morgan fingerprint density at radius 2 is 1.73 bits per heavy atom. The Bertz CT molecular complexity index is 1000. The zero-order valence-corrected chi connectivity index (χ0v) is 17.5. The molecule has 2 aromatic carbocycles. The van der Waals surface area contributed by atoms with Gasteiger partial charge in [-0.05, 0) is 55.2 Å². The van der Waals surface area contributed by atoms with E-state index in [1.165, 1.54) is 0 Å². The molecule has 0 aliphatic carbocycles. The Morgan fingerprint density at radius 3 is 2.43 bits per heavy atom. The second-order valence-electron chi connectivity index (χ2n) is 7.96. The summed E-state index contributed by atoms with van der Waals surface area (Å²) < 4.78 is 0. The summed E-state index contributed by atoms with van der Waals surface area (Å²) in [6.07, 6.45) is 1.23. The number of imide groups is 1. The molecule has 0 radical (unpaired) electrons. The first-order valence-electron chi connectivity index (χ1n) is 10.2. The number of carbonyl (C=O) groups is 3. The molecular weight excluding hydrogens is 380 g/mol. The van der Waals surface area contributed by atoms with Gasteiger partial charge in [-0.25, -0.2) is 9.59 Å². The molecular formula is C23H26N4O3. The van der Waals surface area contributed by atoms with Gasteiger partial charge in [-0.1, -0.05) is 24.3 Å². The van der Waals surface area contributed by atoms with Crippen molar-refractivity contribution < 1.29 is 14.4 Å². The van der Waals surface area contributed by atoms with Crippen LogP contribution >= 0.6 is 0 Å². The minimum atomic E-state index is -0.386. The zero-order valence-electron chi connectivity index (χ0n) is 17.5. The topological polar surface area (TPSA) is 73.0 Å². The molecule has 0 saturated carbocycles. The largest absolute Gasteiger partial charge is 0.328 e. The lowest BCUT2D eigenvalue weighted by molar-refractivity contribution is -0.120. The fraction of sp³-hybridized carbons (Fsp3) is 0.348. The SMILES string of the molecule is Cc1c(-c2ccc(N3C(=O)N(C)CC[C@@H]3C)cc2)cccc1N1CCC(=O)NC1=O. The Balaban J connectivity index is 1.63. The maximum Gasteiger partial charge on any atom is 0.328 e. The average molecular weight is 406 g/mol. The highest BCUT2D eigenvalue weighted by atomic mass is 16.2. The molecule has 0 spiro atoms. The lowest BCUT2D eigenvalue weighted by Crippen LogP contribution is -2.52. The Kier molecular flexibility index (Phi) is 5.20. The third-order valence-corrected chi connectivity index (χ3v) is 5.96. The highest BCUT2D eigenvalue weighted by Gasteiger charge is 2.30. The third kappa shape index (κ3) is 3.51. The van der Waals surface area contributed by atoms with Gasteiger partial charge in [0.1, 0.15) is 0 Å². The van der Waals surface area contributed by atoms with E-state index in [2.05, 4.69) is 12.2 Å². The van der Waals surface area contributed by atoms with Crippen LogP contribution < -0.4 is 15.1 Å². The summed E-state index contributed by atoms with van der Waals surface area (Å²) in [6.45, 7) is 5.20. The molecule has 4 rings (SSSR count). The van der Waals surface area contributed by atoms with Crippen LogP contribution in [0.15, 0.2) is 42.5 Å². The van der Waals surface area contributed by atoms with Crippen molar-refractivity contribution >= 4 is 29.3 Å². The summed E-state index contributed by atoms with van der Waals surface area (Å²) in [7, 11) is 1.83. The van der Waals surface area contributed by atoms with Crippen molar-refractivity contribution in [3.05, 3.63) is 48.0 Å². The predicted molar refractivity (Wildman–Crippen MR) is 117 cm³/mol. The van der Waals surface area contributed by atoms with Crippen LogP contribution in [0.1, 0.15) is 25.3 Å². The van der Waals surface area contributed by atoms with Crippen molar-refractivity contribution in [1.82, 2.24) is 10.2 Å². The number of rotatable bonds is 3. The number of anilines is 2. The number of amides is 5.